The first-order valence-corrected chi connectivity index (χ1v) is 6.25. The van der Waals surface area contributed by atoms with Crippen LogP contribution in [-0.2, 0) is 14.4 Å². The summed E-state index contributed by atoms with van der Waals surface area (Å²) in [4.78, 5) is 34.2. The van der Waals surface area contributed by atoms with Crippen molar-refractivity contribution in [3.63, 3.8) is 0 Å². The van der Waals surface area contributed by atoms with E-state index in [9.17, 15) is 14.4 Å². The van der Waals surface area contributed by atoms with Crippen molar-refractivity contribution in [3.8, 4) is 0 Å². The van der Waals surface area contributed by atoms with E-state index < -0.39 is 11.5 Å². The van der Waals surface area contributed by atoms with Gasteiger partial charge in [0.1, 0.15) is 6.04 Å². The van der Waals surface area contributed by atoms with E-state index in [-0.39, 0.29) is 30.0 Å². The average Bonchev–Trinajstić information content (AvgIpc) is 2.31. The maximum absolute atomic E-state index is 11.8. The molecule has 0 aromatic rings. The summed E-state index contributed by atoms with van der Waals surface area (Å²) >= 11 is 4.00. The second kappa shape index (κ2) is 7.25. The Hall–Kier alpha value is -1.24. The average molecular weight is 275 g/mol. The van der Waals surface area contributed by atoms with Crippen LogP contribution in [-0.4, -0.2) is 43.1 Å². The molecule has 7 heteroatoms. The molecule has 3 N–H and O–H groups in total. The molecule has 0 aromatic heterocycles. The molecular formula is C11H21N3O3S. The summed E-state index contributed by atoms with van der Waals surface area (Å²) in [6.07, 6.45) is 0. The highest BCUT2D eigenvalue weighted by atomic mass is 32.1. The minimum atomic E-state index is -0.707. The lowest BCUT2D eigenvalue weighted by atomic mass is 9.92. The quantitative estimate of drug-likeness (QED) is 0.484. The SMILES string of the molecule is CNC(=O)C(C)(C)CNC(=O)C(CS)NC(C)=O. The topological polar surface area (TPSA) is 87.3 Å². The van der Waals surface area contributed by atoms with Crippen LogP contribution in [0, 0.1) is 5.41 Å². The molecule has 0 aliphatic carbocycles. The van der Waals surface area contributed by atoms with Crippen molar-refractivity contribution in [2.45, 2.75) is 26.8 Å². The van der Waals surface area contributed by atoms with Gasteiger partial charge in [-0.15, -0.1) is 0 Å². The summed E-state index contributed by atoms with van der Waals surface area (Å²) < 4.78 is 0. The Morgan fingerprint density at radius 3 is 2.22 bits per heavy atom. The lowest BCUT2D eigenvalue weighted by Crippen LogP contribution is -2.51. The van der Waals surface area contributed by atoms with Crippen molar-refractivity contribution in [2.24, 2.45) is 5.41 Å². The van der Waals surface area contributed by atoms with Gasteiger partial charge in [-0.2, -0.15) is 12.6 Å². The van der Waals surface area contributed by atoms with Gasteiger partial charge in [0.15, 0.2) is 0 Å². The minimum absolute atomic E-state index is 0.162. The van der Waals surface area contributed by atoms with Crippen molar-refractivity contribution >= 4 is 30.4 Å². The zero-order valence-electron chi connectivity index (χ0n) is 11.2. The van der Waals surface area contributed by atoms with Gasteiger partial charge < -0.3 is 16.0 Å². The molecule has 0 radical (unpaired) electrons. The molecule has 0 rings (SSSR count). The molecule has 0 heterocycles. The van der Waals surface area contributed by atoms with E-state index in [0.29, 0.717) is 0 Å². The summed E-state index contributed by atoms with van der Waals surface area (Å²) in [5, 5.41) is 7.64. The van der Waals surface area contributed by atoms with Gasteiger partial charge in [0.25, 0.3) is 0 Å². The molecule has 6 nitrogen and oxygen atoms in total. The predicted octanol–water partition coefficient (Wildman–Crippen LogP) is -0.691. The van der Waals surface area contributed by atoms with Crippen LogP contribution in [0.15, 0.2) is 0 Å². The van der Waals surface area contributed by atoms with Crippen LogP contribution in [0.2, 0.25) is 0 Å². The third kappa shape index (κ3) is 5.39. The van der Waals surface area contributed by atoms with Gasteiger partial charge in [-0.3, -0.25) is 14.4 Å². The monoisotopic (exact) mass is 275 g/mol. The number of hydrogen-bond acceptors (Lipinski definition) is 4. The number of hydrogen-bond donors (Lipinski definition) is 4. The number of amides is 3. The van der Waals surface area contributed by atoms with Crippen molar-refractivity contribution in [1.82, 2.24) is 16.0 Å². The zero-order chi connectivity index (χ0) is 14.3. The van der Waals surface area contributed by atoms with Crippen LogP contribution in [0.3, 0.4) is 0 Å². The summed E-state index contributed by atoms with van der Waals surface area (Å²) in [7, 11) is 1.54. The first-order valence-electron chi connectivity index (χ1n) is 5.62. The Morgan fingerprint density at radius 2 is 1.83 bits per heavy atom. The van der Waals surface area contributed by atoms with E-state index in [1.54, 1.807) is 20.9 Å². The van der Waals surface area contributed by atoms with E-state index in [2.05, 4.69) is 28.6 Å². The fourth-order valence-electron chi connectivity index (χ4n) is 1.29. The normalized spacial score (nSPS) is 12.5. The molecule has 0 fully saturated rings. The first-order chi connectivity index (χ1) is 8.24. The maximum Gasteiger partial charge on any atom is 0.243 e. The number of carbonyl (C=O) groups is 3. The lowest BCUT2D eigenvalue weighted by molar-refractivity contribution is -0.131. The first kappa shape index (κ1) is 16.8. The van der Waals surface area contributed by atoms with Gasteiger partial charge in [-0.25, -0.2) is 0 Å². The van der Waals surface area contributed by atoms with E-state index in [1.807, 2.05) is 0 Å². The van der Waals surface area contributed by atoms with Gasteiger partial charge in [0, 0.05) is 26.3 Å². The van der Waals surface area contributed by atoms with Gasteiger partial charge >= 0.3 is 0 Å². The van der Waals surface area contributed by atoms with Gasteiger partial charge in [0.2, 0.25) is 17.7 Å². The van der Waals surface area contributed by atoms with Crippen molar-refractivity contribution < 1.29 is 14.4 Å². The number of rotatable bonds is 6. The van der Waals surface area contributed by atoms with Crippen molar-refractivity contribution in [2.75, 3.05) is 19.3 Å². The molecule has 0 saturated carbocycles. The smallest absolute Gasteiger partial charge is 0.243 e. The fraction of sp³-hybridized carbons (Fsp3) is 0.727. The second-order valence-electron chi connectivity index (χ2n) is 4.62. The molecule has 0 bridgehead atoms. The summed E-state index contributed by atoms with van der Waals surface area (Å²) in [5.41, 5.74) is -0.707. The van der Waals surface area contributed by atoms with Crippen LogP contribution in [0.5, 0.6) is 0 Å². The predicted molar refractivity (Wildman–Crippen MR) is 72.3 cm³/mol. The van der Waals surface area contributed by atoms with E-state index in [0.717, 1.165) is 0 Å². The summed E-state index contributed by atoms with van der Waals surface area (Å²) in [5.74, 6) is -0.608. The van der Waals surface area contributed by atoms with Crippen LogP contribution < -0.4 is 16.0 Å². The molecule has 1 atom stereocenters. The van der Waals surface area contributed by atoms with E-state index in [4.69, 9.17) is 0 Å². The van der Waals surface area contributed by atoms with Crippen molar-refractivity contribution in [1.29, 1.82) is 0 Å². The van der Waals surface area contributed by atoms with Gasteiger partial charge in [0.05, 0.1) is 5.41 Å². The molecule has 18 heavy (non-hydrogen) atoms. The highest BCUT2D eigenvalue weighted by Crippen LogP contribution is 2.13. The molecule has 0 aliphatic rings. The highest BCUT2D eigenvalue weighted by molar-refractivity contribution is 7.80. The molecule has 0 saturated heterocycles. The second-order valence-corrected chi connectivity index (χ2v) is 4.98. The third-order valence-electron chi connectivity index (χ3n) is 2.42. The number of carbonyl (C=O) groups excluding carboxylic acids is 3. The van der Waals surface area contributed by atoms with Crippen LogP contribution >= 0.6 is 12.6 Å². The Kier molecular flexibility index (Phi) is 6.75. The van der Waals surface area contributed by atoms with E-state index >= 15 is 0 Å². The molecule has 3 amide bonds. The van der Waals surface area contributed by atoms with Gasteiger partial charge in [-0.05, 0) is 13.8 Å². The number of nitrogens with one attached hydrogen (secondary N) is 3. The van der Waals surface area contributed by atoms with E-state index in [1.165, 1.54) is 6.92 Å². The highest BCUT2D eigenvalue weighted by Gasteiger charge is 2.28. The molecule has 0 aromatic carbocycles. The van der Waals surface area contributed by atoms with Crippen LogP contribution in [0.25, 0.3) is 0 Å². The minimum Gasteiger partial charge on any atom is -0.359 e. The third-order valence-corrected chi connectivity index (χ3v) is 2.79. The van der Waals surface area contributed by atoms with Gasteiger partial charge in [-0.1, -0.05) is 0 Å². The molecule has 1 unspecified atom stereocenters. The molecule has 0 aliphatic heterocycles. The molecular weight excluding hydrogens is 254 g/mol. The summed E-state index contributed by atoms with van der Waals surface area (Å²) in [6, 6.07) is -0.689. The Bertz CT molecular complexity index is 331. The molecule has 0 spiro atoms. The van der Waals surface area contributed by atoms with Crippen LogP contribution in [0.4, 0.5) is 0 Å². The largest absolute Gasteiger partial charge is 0.359 e. The zero-order valence-corrected chi connectivity index (χ0v) is 12.1. The Morgan fingerprint density at radius 1 is 1.28 bits per heavy atom. The standard InChI is InChI=1S/C11H21N3O3S/c1-7(15)14-8(5-18)9(16)13-6-11(2,3)10(17)12-4/h8,18H,5-6H2,1-4H3,(H,12,17)(H,13,16)(H,14,15). The number of thiol groups is 1. The Balaban J connectivity index is 4.39. The molecule has 104 valence electrons. The van der Waals surface area contributed by atoms with Crippen LogP contribution in [0.1, 0.15) is 20.8 Å². The lowest BCUT2D eigenvalue weighted by Gasteiger charge is -2.24. The van der Waals surface area contributed by atoms with Crippen molar-refractivity contribution in [3.05, 3.63) is 0 Å². The summed E-state index contributed by atoms with van der Waals surface area (Å²) in [6.45, 7) is 4.97. The Labute approximate surface area is 113 Å². The maximum atomic E-state index is 11.8. The fourth-order valence-corrected chi connectivity index (χ4v) is 1.55.